The van der Waals surface area contributed by atoms with E-state index in [-0.39, 0.29) is 0 Å². The van der Waals surface area contributed by atoms with Crippen LogP contribution in [0.4, 0.5) is 0 Å². The summed E-state index contributed by atoms with van der Waals surface area (Å²) in [5.74, 6) is 5.55. The molecule has 4 fully saturated rings. The van der Waals surface area contributed by atoms with Crippen LogP contribution in [0.25, 0.3) is 0 Å². The Morgan fingerprint density at radius 2 is 1.75 bits per heavy atom. The Balaban J connectivity index is 1.50. The highest BCUT2D eigenvalue weighted by Crippen LogP contribution is 2.58. The molecular formula is C18H26N2. The zero-order chi connectivity index (χ0) is 13.5. The molecule has 0 aromatic carbocycles. The highest BCUT2D eigenvalue weighted by molar-refractivity contribution is 5.11. The Labute approximate surface area is 122 Å². The highest BCUT2D eigenvalue weighted by Gasteiger charge is 2.48. The van der Waals surface area contributed by atoms with Gasteiger partial charge in [0.1, 0.15) is 0 Å². The summed E-state index contributed by atoms with van der Waals surface area (Å²) in [7, 11) is 0. The van der Waals surface area contributed by atoms with Crippen molar-refractivity contribution in [3.8, 4) is 0 Å². The molecule has 4 bridgehead atoms. The molecule has 1 heterocycles. The van der Waals surface area contributed by atoms with Gasteiger partial charge in [-0.25, -0.2) is 0 Å². The van der Waals surface area contributed by atoms with Crippen LogP contribution >= 0.6 is 0 Å². The number of aromatic nitrogens is 1. The molecule has 1 unspecified atom stereocenters. The van der Waals surface area contributed by atoms with Gasteiger partial charge in [0.2, 0.25) is 0 Å². The van der Waals surface area contributed by atoms with E-state index in [9.17, 15) is 0 Å². The first-order chi connectivity index (χ1) is 9.83. The third-order valence-corrected chi connectivity index (χ3v) is 6.37. The molecule has 2 N–H and O–H groups in total. The Hall–Kier alpha value is -0.890. The third-order valence-electron chi connectivity index (χ3n) is 6.37. The van der Waals surface area contributed by atoms with Crippen LogP contribution in [0.5, 0.6) is 0 Å². The number of rotatable bonds is 4. The number of pyridine rings is 1. The molecule has 1 atom stereocenters. The van der Waals surface area contributed by atoms with Crippen LogP contribution in [0.1, 0.15) is 50.1 Å². The quantitative estimate of drug-likeness (QED) is 0.908. The number of hydrogen-bond acceptors (Lipinski definition) is 2. The molecule has 0 aliphatic heterocycles. The molecule has 0 saturated heterocycles. The van der Waals surface area contributed by atoms with Gasteiger partial charge < -0.3 is 5.73 Å². The van der Waals surface area contributed by atoms with Gasteiger partial charge in [-0.15, -0.1) is 0 Å². The van der Waals surface area contributed by atoms with Crippen molar-refractivity contribution in [1.29, 1.82) is 0 Å². The second kappa shape index (κ2) is 5.14. The van der Waals surface area contributed by atoms with Crippen LogP contribution in [0.3, 0.4) is 0 Å². The van der Waals surface area contributed by atoms with Crippen molar-refractivity contribution in [2.45, 2.75) is 44.4 Å². The Morgan fingerprint density at radius 1 is 1.05 bits per heavy atom. The van der Waals surface area contributed by atoms with Crippen LogP contribution in [0, 0.1) is 29.6 Å². The Bertz CT molecular complexity index is 428. The SMILES string of the molecule is NCC(CC1C2CC3CC(C2)CC1C3)c1ccccn1. The molecule has 0 amide bonds. The molecule has 5 rings (SSSR count). The summed E-state index contributed by atoms with van der Waals surface area (Å²) in [5, 5.41) is 0. The summed E-state index contributed by atoms with van der Waals surface area (Å²) in [6.07, 6.45) is 10.8. The summed E-state index contributed by atoms with van der Waals surface area (Å²) in [5.41, 5.74) is 7.28. The van der Waals surface area contributed by atoms with Crippen LogP contribution in [-0.4, -0.2) is 11.5 Å². The van der Waals surface area contributed by atoms with E-state index < -0.39 is 0 Å². The van der Waals surface area contributed by atoms with E-state index in [0.29, 0.717) is 5.92 Å². The summed E-state index contributed by atoms with van der Waals surface area (Å²) < 4.78 is 0. The number of nitrogens with two attached hydrogens (primary N) is 1. The Kier molecular flexibility index (Phi) is 3.30. The van der Waals surface area contributed by atoms with Crippen molar-refractivity contribution in [2.75, 3.05) is 6.54 Å². The molecule has 2 nitrogen and oxygen atoms in total. The van der Waals surface area contributed by atoms with E-state index in [1.54, 1.807) is 6.42 Å². The molecule has 2 heteroatoms. The van der Waals surface area contributed by atoms with E-state index in [4.69, 9.17) is 5.73 Å². The fourth-order valence-corrected chi connectivity index (χ4v) is 5.71. The third kappa shape index (κ3) is 2.18. The van der Waals surface area contributed by atoms with Gasteiger partial charge in [-0.1, -0.05) is 6.07 Å². The van der Waals surface area contributed by atoms with Crippen molar-refractivity contribution in [3.05, 3.63) is 30.1 Å². The molecule has 4 saturated carbocycles. The first-order valence-electron chi connectivity index (χ1n) is 8.44. The van der Waals surface area contributed by atoms with Crippen molar-refractivity contribution >= 4 is 0 Å². The van der Waals surface area contributed by atoms with Crippen molar-refractivity contribution in [1.82, 2.24) is 4.98 Å². The number of nitrogens with zero attached hydrogens (tertiary/aromatic N) is 1. The van der Waals surface area contributed by atoms with Gasteiger partial charge in [0.25, 0.3) is 0 Å². The minimum atomic E-state index is 0.471. The van der Waals surface area contributed by atoms with Gasteiger partial charge in [-0.05, 0) is 80.2 Å². The maximum Gasteiger partial charge on any atom is 0.0447 e. The van der Waals surface area contributed by atoms with Crippen LogP contribution in [0.15, 0.2) is 24.4 Å². The molecule has 1 aromatic heterocycles. The average Bonchev–Trinajstić information content (AvgIpc) is 2.47. The maximum atomic E-state index is 6.07. The fraction of sp³-hybridized carbons (Fsp3) is 0.722. The summed E-state index contributed by atoms with van der Waals surface area (Å²) in [4.78, 5) is 4.55. The molecule has 0 radical (unpaired) electrons. The topological polar surface area (TPSA) is 38.9 Å². The summed E-state index contributed by atoms with van der Waals surface area (Å²) in [6.45, 7) is 0.750. The fourth-order valence-electron chi connectivity index (χ4n) is 5.71. The lowest BCUT2D eigenvalue weighted by Gasteiger charge is -2.55. The molecular weight excluding hydrogens is 244 g/mol. The van der Waals surface area contributed by atoms with E-state index in [0.717, 1.165) is 36.1 Å². The van der Waals surface area contributed by atoms with E-state index in [1.807, 2.05) is 12.3 Å². The second-order valence-electron chi connectivity index (χ2n) is 7.52. The van der Waals surface area contributed by atoms with E-state index in [2.05, 4.69) is 17.1 Å². The van der Waals surface area contributed by atoms with Gasteiger partial charge in [0, 0.05) is 24.4 Å². The van der Waals surface area contributed by atoms with Crippen LogP contribution in [-0.2, 0) is 0 Å². The predicted molar refractivity (Wildman–Crippen MR) is 81.2 cm³/mol. The zero-order valence-electron chi connectivity index (χ0n) is 12.2. The number of hydrogen-bond donors (Lipinski definition) is 1. The lowest BCUT2D eigenvalue weighted by molar-refractivity contribution is -0.0420. The van der Waals surface area contributed by atoms with E-state index >= 15 is 0 Å². The standard InChI is InChI=1S/C18H26N2/c19-11-16(18-3-1-2-4-20-18)10-17-14-6-12-5-13(8-14)9-15(17)7-12/h1-4,12-17H,5-11,19H2. The lowest BCUT2D eigenvalue weighted by atomic mass is 9.50. The molecule has 1 aromatic rings. The predicted octanol–water partition coefficient (Wildman–Crippen LogP) is 3.59. The van der Waals surface area contributed by atoms with Gasteiger partial charge in [-0.3, -0.25) is 4.98 Å². The monoisotopic (exact) mass is 270 g/mol. The second-order valence-corrected chi connectivity index (χ2v) is 7.52. The minimum Gasteiger partial charge on any atom is -0.330 e. The maximum absolute atomic E-state index is 6.07. The van der Waals surface area contributed by atoms with Crippen molar-refractivity contribution < 1.29 is 0 Å². The lowest BCUT2D eigenvalue weighted by Crippen LogP contribution is -2.45. The summed E-state index contributed by atoms with van der Waals surface area (Å²) in [6, 6.07) is 6.26. The van der Waals surface area contributed by atoms with Gasteiger partial charge in [0.15, 0.2) is 0 Å². The molecule has 20 heavy (non-hydrogen) atoms. The highest BCUT2D eigenvalue weighted by atomic mass is 14.7. The Morgan fingerprint density at radius 3 is 2.30 bits per heavy atom. The van der Waals surface area contributed by atoms with Crippen molar-refractivity contribution in [3.63, 3.8) is 0 Å². The zero-order valence-corrected chi connectivity index (χ0v) is 12.2. The first kappa shape index (κ1) is 12.8. The minimum absolute atomic E-state index is 0.471. The normalized spacial score (nSPS) is 40.0. The first-order valence-corrected chi connectivity index (χ1v) is 8.44. The molecule has 0 spiro atoms. The molecule has 4 aliphatic carbocycles. The molecule has 4 aliphatic rings. The smallest absolute Gasteiger partial charge is 0.0447 e. The summed E-state index contributed by atoms with van der Waals surface area (Å²) >= 11 is 0. The van der Waals surface area contributed by atoms with Gasteiger partial charge in [0.05, 0.1) is 0 Å². The molecule has 108 valence electrons. The van der Waals surface area contributed by atoms with E-state index in [1.165, 1.54) is 37.8 Å². The van der Waals surface area contributed by atoms with Gasteiger partial charge in [-0.2, -0.15) is 0 Å². The van der Waals surface area contributed by atoms with Crippen LogP contribution < -0.4 is 5.73 Å². The average molecular weight is 270 g/mol. The van der Waals surface area contributed by atoms with Crippen LogP contribution in [0.2, 0.25) is 0 Å². The van der Waals surface area contributed by atoms with Gasteiger partial charge >= 0.3 is 0 Å². The largest absolute Gasteiger partial charge is 0.330 e. The van der Waals surface area contributed by atoms with Crippen molar-refractivity contribution in [2.24, 2.45) is 35.3 Å².